The molecule has 1 aliphatic rings. The molecule has 1 amide bonds. The van der Waals surface area contributed by atoms with Gasteiger partial charge in [0, 0.05) is 18.8 Å². The summed E-state index contributed by atoms with van der Waals surface area (Å²) < 4.78 is 40.5. The van der Waals surface area contributed by atoms with Gasteiger partial charge in [0.05, 0.1) is 11.3 Å². The Labute approximate surface area is 165 Å². The number of halogens is 1. The fourth-order valence-corrected chi connectivity index (χ4v) is 5.38. The van der Waals surface area contributed by atoms with Crippen LogP contribution in [0.3, 0.4) is 0 Å². The highest BCUT2D eigenvalue weighted by atomic mass is 32.2. The summed E-state index contributed by atoms with van der Waals surface area (Å²) in [5.41, 5.74) is 1.07. The number of benzene rings is 2. The van der Waals surface area contributed by atoms with E-state index >= 15 is 0 Å². The van der Waals surface area contributed by atoms with E-state index in [1.807, 2.05) is 0 Å². The quantitative estimate of drug-likeness (QED) is 0.827. The number of hydrogen-bond acceptors (Lipinski definition) is 3. The lowest BCUT2D eigenvalue weighted by atomic mass is 9.94. The van der Waals surface area contributed by atoms with Crippen molar-refractivity contribution >= 4 is 21.6 Å². The molecule has 1 aliphatic heterocycles. The molecule has 1 N–H and O–H groups in total. The van der Waals surface area contributed by atoms with Crippen LogP contribution in [0.15, 0.2) is 53.4 Å². The van der Waals surface area contributed by atoms with Gasteiger partial charge < -0.3 is 5.32 Å². The average Bonchev–Trinajstić information content (AvgIpc) is 2.61. The molecule has 2 atom stereocenters. The van der Waals surface area contributed by atoms with Crippen molar-refractivity contribution in [2.45, 2.75) is 31.6 Å². The standard InChI is InChI=1S/C21H25FN2O3S/c1-15-10-16(2)14-24(13-15)28(26,27)20-8-6-19(7-9-20)23-21(25)12-17-4-3-5-18(22)11-17/h3-9,11,15-16H,10,12-14H2,1-2H3,(H,23,25)/t15-,16-/m1/s1. The third kappa shape index (κ3) is 4.97. The van der Waals surface area contributed by atoms with Crippen LogP contribution in [0.25, 0.3) is 0 Å². The molecule has 1 fully saturated rings. The summed E-state index contributed by atoms with van der Waals surface area (Å²) in [5, 5.41) is 2.71. The van der Waals surface area contributed by atoms with E-state index in [1.165, 1.54) is 24.3 Å². The largest absolute Gasteiger partial charge is 0.326 e. The maximum Gasteiger partial charge on any atom is 0.243 e. The normalized spacial score (nSPS) is 20.7. The lowest BCUT2D eigenvalue weighted by Crippen LogP contribution is -2.42. The van der Waals surface area contributed by atoms with Crippen molar-refractivity contribution in [3.63, 3.8) is 0 Å². The predicted octanol–water partition coefficient (Wildman–Crippen LogP) is 3.67. The first-order valence-electron chi connectivity index (χ1n) is 9.38. The molecule has 28 heavy (non-hydrogen) atoms. The Kier molecular flexibility index (Phi) is 6.15. The van der Waals surface area contributed by atoms with Crippen molar-refractivity contribution in [2.75, 3.05) is 18.4 Å². The Hall–Kier alpha value is -2.25. The second-order valence-corrected chi connectivity index (χ2v) is 9.59. The molecule has 0 spiro atoms. The van der Waals surface area contributed by atoms with Crippen LogP contribution in [0.2, 0.25) is 0 Å². The van der Waals surface area contributed by atoms with Crippen molar-refractivity contribution in [3.05, 3.63) is 59.9 Å². The summed E-state index contributed by atoms with van der Waals surface area (Å²) in [6.45, 7) is 5.18. The van der Waals surface area contributed by atoms with Gasteiger partial charge in [0.25, 0.3) is 0 Å². The Morgan fingerprint density at radius 3 is 2.36 bits per heavy atom. The van der Waals surface area contributed by atoms with Crippen LogP contribution in [0.5, 0.6) is 0 Å². The summed E-state index contributed by atoms with van der Waals surface area (Å²) >= 11 is 0. The first-order valence-corrected chi connectivity index (χ1v) is 10.8. The SMILES string of the molecule is C[C@@H]1C[C@@H](C)CN(S(=O)(=O)c2ccc(NC(=O)Cc3cccc(F)c3)cc2)C1. The molecule has 0 radical (unpaired) electrons. The van der Waals surface area contributed by atoms with E-state index in [9.17, 15) is 17.6 Å². The molecule has 0 aliphatic carbocycles. The third-order valence-corrected chi connectivity index (χ3v) is 6.71. The van der Waals surface area contributed by atoms with Gasteiger partial charge in [-0.25, -0.2) is 12.8 Å². The highest BCUT2D eigenvalue weighted by Gasteiger charge is 2.31. The van der Waals surface area contributed by atoms with Crippen LogP contribution in [0.4, 0.5) is 10.1 Å². The van der Waals surface area contributed by atoms with Gasteiger partial charge in [-0.05, 0) is 60.2 Å². The maximum absolute atomic E-state index is 13.2. The molecule has 5 nitrogen and oxygen atoms in total. The summed E-state index contributed by atoms with van der Waals surface area (Å²) in [5.74, 6) is -0.0130. The minimum absolute atomic E-state index is 0.0430. The van der Waals surface area contributed by atoms with Crippen molar-refractivity contribution in [1.29, 1.82) is 0 Å². The van der Waals surface area contributed by atoms with Gasteiger partial charge in [0.15, 0.2) is 0 Å². The van der Waals surface area contributed by atoms with Gasteiger partial charge >= 0.3 is 0 Å². The lowest BCUT2D eigenvalue weighted by molar-refractivity contribution is -0.115. The average molecular weight is 405 g/mol. The van der Waals surface area contributed by atoms with Crippen LogP contribution in [0.1, 0.15) is 25.8 Å². The van der Waals surface area contributed by atoms with Crippen LogP contribution >= 0.6 is 0 Å². The Morgan fingerprint density at radius 1 is 1.11 bits per heavy atom. The summed E-state index contributed by atoms with van der Waals surface area (Å²) in [6.07, 6.45) is 1.07. The fourth-order valence-electron chi connectivity index (χ4n) is 3.70. The number of anilines is 1. The molecule has 0 unspecified atom stereocenters. The summed E-state index contributed by atoms with van der Waals surface area (Å²) in [7, 11) is -3.55. The smallest absolute Gasteiger partial charge is 0.243 e. The number of hydrogen-bond donors (Lipinski definition) is 1. The van der Waals surface area contributed by atoms with E-state index in [1.54, 1.807) is 28.6 Å². The number of amides is 1. The molecule has 7 heteroatoms. The van der Waals surface area contributed by atoms with Gasteiger partial charge in [-0.1, -0.05) is 26.0 Å². The molecule has 0 bridgehead atoms. The van der Waals surface area contributed by atoms with E-state index in [0.29, 0.717) is 36.2 Å². The van der Waals surface area contributed by atoms with Crippen LogP contribution in [-0.4, -0.2) is 31.7 Å². The van der Waals surface area contributed by atoms with Crippen LogP contribution in [0, 0.1) is 17.7 Å². The Morgan fingerprint density at radius 2 is 1.75 bits per heavy atom. The zero-order chi connectivity index (χ0) is 20.3. The second kappa shape index (κ2) is 8.41. The number of carbonyl (C=O) groups excluding carboxylic acids is 1. The van der Waals surface area contributed by atoms with Crippen molar-refractivity contribution < 1.29 is 17.6 Å². The molecule has 1 saturated heterocycles. The predicted molar refractivity (Wildman–Crippen MR) is 107 cm³/mol. The monoisotopic (exact) mass is 404 g/mol. The van der Waals surface area contributed by atoms with Crippen molar-refractivity contribution in [3.8, 4) is 0 Å². The zero-order valence-electron chi connectivity index (χ0n) is 16.1. The zero-order valence-corrected chi connectivity index (χ0v) is 16.9. The molecule has 2 aromatic rings. The number of carbonyl (C=O) groups is 1. The molecular weight excluding hydrogens is 379 g/mol. The third-order valence-electron chi connectivity index (χ3n) is 4.86. The highest BCUT2D eigenvalue weighted by Crippen LogP contribution is 2.27. The summed E-state index contributed by atoms with van der Waals surface area (Å²) in [4.78, 5) is 12.4. The van der Waals surface area contributed by atoms with E-state index in [2.05, 4.69) is 19.2 Å². The number of piperidine rings is 1. The molecule has 2 aromatic carbocycles. The second-order valence-electron chi connectivity index (χ2n) is 7.65. The maximum atomic E-state index is 13.2. The number of rotatable bonds is 5. The molecular formula is C21H25FN2O3S. The van der Waals surface area contributed by atoms with Crippen LogP contribution < -0.4 is 5.32 Å². The van der Waals surface area contributed by atoms with E-state index in [-0.39, 0.29) is 23.0 Å². The van der Waals surface area contributed by atoms with Gasteiger partial charge in [-0.3, -0.25) is 4.79 Å². The van der Waals surface area contributed by atoms with E-state index in [4.69, 9.17) is 0 Å². The first kappa shape index (κ1) is 20.5. The first-order chi connectivity index (χ1) is 13.2. The molecule has 3 rings (SSSR count). The van der Waals surface area contributed by atoms with Gasteiger partial charge in [-0.15, -0.1) is 0 Å². The molecule has 1 heterocycles. The topological polar surface area (TPSA) is 66.5 Å². The number of nitrogens with zero attached hydrogens (tertiary/aromatic N) is 1. The van der Waals surface area contributed by atoms with Crippen molar-refractivity contribution in [1.82, 2.24) is 4.31 Å². The van der Waals surface area contributed by atoms with Gasteiger partial charge in [0.2, 0.25) is 15.9 Å². The highest BCUT2D eigenvalue weighted by molar-refractivity contribution is 7.89. The fraction of sp³-hybridized carbons (Fsp3) is 0.381. The van der Waals surface area contributed by atoms with Crippen molar-refractivity contribution in [2.24, 2.45) is 11.8 Å². The Balaban J connectivity index is 1.66. The minimum atomic E-state index is -3.55. The molecule has 0 aromatic heterocycles. The molecule has 0 saturated carbocycles. The number of nitrogens with one attached hydrogen (secondary N) is 1. The van der Waals surface area contributed by atoms with E-state index < -0.39 is 10.0 Å². The van der Waals surface area contributed by atoms with E-state index in [0.717, 1.165) is 6.42 Å². The summed E-state index contributed by atoms with van der Waals surface area (Å²) in [6, 6.07) is 12.0. The van der Waals surface area contributed by atoms with Crippen LogP contribution in [-0.2, 0) is 21.2 Å². The van der Waals surface area contributed by atoms with Gasteiger partial charge in [-0.2, -0.15) is 4.31 Å². The molecule has 150 valence electrons. The number of sulfonamides is 1. The lowest BCUT2D eigenvalue weighted by Gasteiger charge is -2.34. The minimum Gasteiger partial charge on any atom is -0.326 e. The van der Waals surface area contributed by atoms with Gasteiger partial charge in [0.1, 0.15) is 5.82 Å². The Bertz CT molecular complexity index is 934.